The number of fused-ring (bicyclic) bond motifs is 7. The van der Waals surface area contributed by atoms with Gasteiger partial charge in [-0.15, -0.1) is 0 Å². The van der Waals surface area contributed by atoms with Gasteiger partial charge in [0.05, 0.1) is 34.6 Å². The molecule has 0 aliphatic carbocycles. The van der Waals surface area contributed by atoms with Crippen LogP contribution in [0.25, 0.3) is 100 Å². The molecule has 0 N–H and O–H groups in total. The molecule has 8 aromatic carbocycles. The third kappa shape index (κ3) is 5.06. The van der Waals surface area contributed by atoms with E-state index in [2.05, 4.69) is 45.5 Å². The topological polar surface area (TPSA) is 48.5 Å². The Bertz CT molecular complexity index is 3440. The van der Waals surface area contributed by atoms with Crippen molar-refractivity contribution in [2.45, 2.75) is 0 Å². The first kappa shape index (κ1) is 27.0. The largest absolute Gasteiger partial charge is 0.307 e. The Morgan fingerprint density at radius 2 is 0.875 bits per heavy atom. The van der Waals surface area contributed by atoms with Crippen molar-refractivity contribution in [1.82, 2.24) is 24.1 Å². The number of hydrogen-bond acceptors (Lipinski definition) is 3. The van der Waals surface area contributed by atoms with Crippen molar-refractivity contribution < 1.29 is 6.85 Å². The Hall–Kier alpha value is -7.63. The van der Waals surface area contributed by atoms with Crippen molar-refractivity contribution in [3.8, 4) is 56.7 Å². The molecule has 0 fully saturated rings. The fraction of sp³-hybridized carbons (Fsp3) is 0. The first-order valence-electron chi connectivity index (χ1n) is 21.0. The first-order chi connectivity index (χ1) is 29.9. The number of aromatic nitrogens is 5. The minimum absolute atomic E-state index is 0.122. The van der Waals surface area contributed by atoms with Gasteiger partial charge in [0.1, 0.15) is 0 Å². The van der Waals surface area contributed by atoms with Gasteiger partial charge in [-0.3, -0.25) is 4.57 Å². The van der Waals surface area contributed by atoms with Crippen molar-refractivity contribution >= 4 is 43.6 Å². The third-order valence-corrected chi connectivity index (χ3v) is 10.5. The van der Waals surface area contributed by atoms with Crippen LogP contribution in [0.15, 0.2) is 200 Å². The van der Waals surface area contributed by atoms with E-state index in [0.29, 0.717) is 28.8 Å². The Labute approximate surface area is 330 Å². The van der Waals surface area contributed by atoms with Crippen molar-refractivity contribution in [3.05, 3.63) is 200 Å². The molecule has 0 spiro atoms. The van der Waals surface area contributed by atoms with Gasteiger partial charge >= 0.3 is 0 Å². The van der Waals surface area contributed by atoms with E-state index < -0.39 is 18.1 Å². The Kier molecular flexibility index (Phi) is 6.29. The van der Waals surface area contributed by atoms with E-state index in [1.54, 1.807) is 0 Å². The molecule has 11 rings (SSSR count). The smallest absolute Gasteiger partial charge is 0.238 e. The molecule has 56 heavy (non-hydrogen) atoms. The lowest BCUT2D eigenvalue weighted by Gasteiger charge is -2.19. The molecule has 262 valence electrons. The first-order valence-corrected chi connectivity index (χ1v) is 18.5. The van der Waals surface area contributed by atoms with Gasteiger partial charge in [0.15, 0.2) is 11.6 Å². The fourth-order valence-corrected chi connectivity index (χ4v) is 8.08. The van der Waals surface area contributed by atoms with Crippen LogP contribution in [0, 0.1) is 0 Å². The lowest BCUT2D eigenvalue weighted by atomic mass is 9.93. The van der Waals surface area contributed by atoms with Crippen molar-refractivity contribution in [2.24, 2.45) is 0 Å². The predicted octanol–water partition coefficient (Wildman–Crippen LogP) is 12.7. The summed E-state index contributed by atoms with van der Waals surface area (Å²) in [7, 11) is 0. The van der Waals surface area contributed by atoms with Crippen molar-refractivity contribution in [3.63, 3.8) is 0 Å². The molecule has 0 radical (unpaired) electrons. The molecule has 0 aliphatic heterocycles. The maximum atomic E-state index is 9.30. The SMILES string of the molecule is [2H]c1c([2H])c([2H])c(-c2c(-c3ccccc3)cccc2-n2c3ccccc3c3ccc4c5ccccc5n(-c5nc(-c6ccccc6)nc(-c6ccccc6)n5)c4c32)c([2H])c1[2H]. The van der Waals surface area contributed by atoms with Crippen LogP contribution in [0.3, 0.4) is 0 Å². The summed E-state index contributed by atoms with van der Waals surface area (Å²) in [5.41, 5.74) is 8.04. The van der Waals surface area contributed by atoms with Gasteiger partial charge in [0.2, 0.25) is 5.95 Å². The monoisotopic (exact) mass is 720 g/mol. The van der Waals surface area contributed by atoms with Crippen molar-refractivity contribution in [1.29, 1.82) is 0 Å². The molecule has 5 nitrogen and oxygen atoms in total. The Balaban J connectivity index is 1.34. The number of hydrogen-bond donors (Lipinski definition) is 0. The lowest BCUT2D eigenvalue weighted by Crippen LogP contribution is -2.07. The van der Waals surface area contributed by atoms with E-state index in [1.165, 1.54) is 0 Å². The highest BCUT2D eigenvalue weighted by Crippen LogP contribution is 2.45. The second-order valence-corrected chi connectivity index (χ2v) is 13.6. The van der Waals surface area contributed by atoms with Crippen LogP contribution in [0.1, 0.15) is 6.85 Å². The Morgan fingerprint density at radius 1 is 0.375 bits per heavy atom. The lowest BCUT2D eigenvalue weighted by molar-refractivity contribution is 0.953. The van der Waals surface area contributed by atoms with E-state index in [9.17, 15) is 2.74 Å². The fourth-order valence-electron chi connectivity index (χ4n) is 8.08. The van der Waals surface area contributed by atoms with E-state index >= 15 is 0 Å². The summed E-state index contributed by atoms with van der Waals surface area (Å²) in [5, 5.41) is 3.92. The average Bonchev–Trinajstić information content (AvgIpc) is 3.84. The highest BCUT2D eigenvalue weighted by molar-refractivity contribution is 6.24. The molecule has 11 aromatic rings. The highest BCUT2D eigenvalue weighted by Gasteiger charge is 2.25. The average molecular weight is 721 g/mol. The quantitative estimate of drug-likeness (QED) is 0.172. The van der Waals surface area contributed by atoms with Gasteiger partial charge in [0.25, 0.3) is 0 Å². The molecule has 3 heterocycles. The second kappa shape index (κ2) is 13.0. The van der Waals surface area contributed by atoms with Crippen molar-refractivity contribution in [2.75, 3.05) is 0 Å². The predicted molar refractivity (Wildman–Crippen MR) is 230 cm³/mol. The molecule has 0 unspecified atom stereocenters. The van der Waals surface area contributed by atoms with Crippen LogP contribution in [-0.4, -0.2) is 24.1 Å². The molecule has 5 heteroatoms. The number of benzene rings is 8. The molecular weight excluding hydrogens is 683 g/mol. The van der Waals surface area contributed by atoms with Crippen LogP contribution in [0.4, 0.5) is 0 Å². The van der Waals surface area contributed by atoms with Crippen LogP contribution in [-0.2, 0) is 0 Å². The maximum Gasteiger partial charge on any atom is 0.238 e. The molecule has 0 saturated carbocycles. The van der Waals surface area contributed by atoms with Gasteiger partial charge < -0.3 is 4.57 Å². The molecule has 0 aliphatic rings. The zero-order chi connectivity index (χ0) is 41.4. The van der Waals surface area contributed by atoms with Gasteiger partial charge in [-0.2, -0.15) is 9.97 Å². The second-order valence-electron chi connectivity index (χ2n) is 13.6. The van der Waals surface area contributed by atoms with Crippen LogP contribution >= 0.6 is 0 Å². The third-order valence-electron chi connectivity index (χ3n) is 10.5. The van der Waals surface area contributed by atoms with Crippen LogP contribution in [0.5, 0.6) is 0 Å². The van der Waals surface area contributed by atoms with Gasteiger partial charge in [0, 0.05) is 38.2 Å². The summed E-state index contributed by atoms with van der Waals surface area (Å²) in [6.45, 7) is 0. The van der Waals surface area contributed by atoms with Crippen LogP contribution < -0.4 is 0 Å². The Morgan fingerprint density at radius 3 is 1.46 bits per heavy atom. The summed E-state index contributed by atoms with van der Waals surface area (Å²) < 4.78 is 49.0. The summed E-state index contributed by atoms with van der Waals surface area (Å²) in [6.07, 6.45) is 0. The summed E-state index contributed by atoms with van der Waals surface area (Å²) in [4.78, 5) is 15.5. The number of rotatable bonds is 6. The molecule has 0 amide bonds. The van der Waals surface area contributed by atoms with Gasteiger partial charge in [-0.25, -0.2) is 4.98 Å². The highest BCUT2D eigenvalue weighted by atomic mass is 15.2. The zero-order valence-corrected chi connectivity index (χ0v) is 29.9. The standard InChI is InChI=1S/C51H33N5/c1-5-18-34(19-6-1)38-28-17-31-45(46(38)35-20-7-2-8-21-35)55-43-29-15-13-26-39(43)41-32-33-42-40-27-14-16-30-44(40)56(48(42)47(41)55)51-53-49(36-22-9-3-10-23-36)52-50(54-51)37-24-11-4-12-25-37/h1-33H/i2D,7D,8D,20D,21D. The molecule has 0 saturated heterocycles. The normalized spacial score (nSPS) is 12.8. The van der Waals surface area contributed by atoms with E-state index in [-0.39, 0.29) is 17.6 Å². The van der Waals surface area contributed by atoms with E-state index in [4.69, 9.17) is 19.1 Å². The summed E-state index contributed by atoms with van der Waals surface area (Å²) >= 11 is 0. The van der Waals surface area contributed by atoms with Gasteiger partial charge in [-0.05, 0) is 34.9 Å². The zero-order valence-electron chi connectivity index (χ0n) is 34.9. The number of nitrogens with zero attached hydrogens (tertiary/aromatic N) is 5. The van der Waals surface area contributed by atoms with Gasteiger partial charge in [-0.1, -0.05) is 182 Å². The molecule has 3 aromatic heterocycles. The molecule has 0 bridgehead atoms. The minimum atomic E-state index is -0.442. The van der Waals surface area contributed by atoms with Crippen LogP contribution in [0.2, 0.25) is 0 Å². The summed E-state index contributed by atoms with van der Waals surface area (Å²) in [6, 6.07) is 54.4. The van der Waals surface area contributed by atoms with E-state index in [1.807, 2.05) is 133 Å². The minimum Gasteiger partial charge on any atom is -0.307 e. The maximum absolute atomic E-state index is 9.30. The summed E-state index contributed by atoms with van der Waals surface area (Å²) in [5.74, 6) is 1.50. The van der Waals surface area contributed by atoms with E-state index in [0.717, 1.165) is 65.9 Å². The number of para-hydroxylation sites is 2. The molecule has 0 atom stereocenters. The molecular formula is C51H33N5.